The number of nitrogens with one attached hydrogen (secondary N) is 1. The van der Waals surface area contributed by atoms with E-state index in [2.05, 4.69) is 16.4 Å². The highest BCUT2D eigenvalue weighted by atomic mass is 35.5. The summed E-state index contributed by atoms with van der Waals surface area (Å²) < 4.78 is 17.3. The second-order valence-electron chi connectivity index (χ2n) is 8.02. The van der Waals surface area contributed by atoms with Crippen molar-refractivity contribution in [2.24, 2.45) is 5.73 Å². The van der Waals surface area contributed by atoms with Crippen molar-refractivity contribution in [2.45, 2.75) is 23.8 Å². The van der Waals surface area contributed by atoms with Crippen LogP contribution in [-0.2, 0) is 15.8 Å². The Morgan fingerprint density at radius 1 is 1.20 bits per heavy atom. The van der Waals surface area contributed by atoms with Gasteiger partial charge in [-0.05, 0) is 43.2 Å². The second kappa shape index (κ2) is 10.6. The van der Waals surface area contributed by atoms with E-state index in [0.717, 1.165) is 12.8 Å². The van der Waals surface area contributed by atoms with Crippen molar-refractivity contribution in [3.63, 3.8) is 0 Å². The molecule has 2 unspecified atom stereocenters. The molecule has 182 valence electrons. The van der Waals surface area contributed by atoms with Crippen molar-refractivity contribution < 1.29 is 13.8 Å². The highest BCUT2D eigenvalue weighted by Crippen LogP contribution is 2.30. The molecule has 1 aromatic heterocycles. The molecule has 1 aliphatic heterocycles. The largest absolute Gasteiger partial charge is 0.365 e. The summed E-state index contributed by atoms with van der Waals surface area (Å²) in [5.41, 5.74) is 7.61. The first kappa shape index (κ1) is 25.0. The molecule has 0 spiro atoms. The van der Waals surface area contributed by atoms with E-state index in [4.69, 9.17) is 28.9 Å². The lowest BCUT2D eigenvalue weighted by molar-refractivity contribution is -0.127. The summed E-state index contributed by atoms with van der Waals surface area (Å²) in [6, 6.07) is 11.8. The van der Waals surface area contributed by atoms with Crippen LogP contribution in [0.2, 0.25) is 10.0 Å². The fourth-order valence-corrected chi connectivity index (χ4v) is 5.46. The molecule has 1 saturated heterocycles. The number of carbonyl (C=O) groups is 2. The zero-order valence-corrected chi connectivity index (χ0v) is 20.9. The summed E-state index contributed by atoms with van der Waals surface area (Å²) in [7, 11) is -1.63. The van der Waals surface area contributed by atoms with Gasteiger partial charge >= 0.3 is 0 Å². The van der Waals surface area contributed by atoms with E-state index in [1.807, 2.05) is 0 Å². The number of aromatic nitrogens is 2. The molecule has 2 amide bonds. The number of benzene rings is 2. The van der Waals surface area contributed by atoms with Crippen LogP contribution in [-0.4, -0.2) is 43.8 Å². The van der Waals surface area contributed by atoms with Gasteiger partial charge in [0.25, 0.3) is 5.91 Å². The number of rotatable bonds is 7. The van der Waals surface area contributed by atoms with Crippen LogP contribution < -0.4 is 10.5 Å². The minimum absolute atomic E-state index is 0.0784. The number of nitrogens with two attached hydrogens (primary N) is 1. The number of hydrogen-bond donors (Lipinski definition) is 2. The zero-order valence-electron chi connectivity index (χ0n) is 18.6. The number of likely N-dealkylation sites (tertiary alicyclic amines) is 1. The molecule has 2 aromatic carbocycles. The van der Waals surface area contributed by atoms with E-state index in [1.165, 1.54) is 6.08 Å². The second-order valence-corrected chi connectivity index (χ2v) is 9.99. The Hall–Kier alpha value is -3.14. The van der Waals surface area contributed by atoms with Crippen LogP contribution >= 0.6 is 23.2 Å². The first-order valence-corrected chi connectivity index (χ1v) is 12.7. The average Bonchev–Trinajstić information content (AvgIpc) is 3.32. The molecule has 0 saturated carbocycles. The van der Waals surface area contributed by atoms with Gasteiger partial charge in [0.15, 0.2) is 11.0 Å². The number of carbonyl (C=O) groups excluding carboxylic acids is 2. The topological polar surface area (TPSA) is 110 Å². The lowest BCUT2D eigenvalue weighted by atomic mass is 10.1. The summed E-state index contributed by atoms with van der Waals surface area (Å²) in [6.07, 6.45) is 4.57. The fraction of sp³-hybridized carbons (Fsp3) is 0.208. The summed E-state index contributed by atoms with van der Waals surface area (Å²) in [5.74, 6) is -0.725. The van der Waals surface area contributed by atoms with Crippen LogP contribution in [0, 0.1) is 0 Å². The van der Waals surface area contributed by atoms with E-state index in [9.17, 15) is 13.8 Å². The molecule has 2 heterocycles. The Balaban J connectivity index is 1.56. The van der Waals surface area contributed by atoms with Gasteiger partial charge in [-0.15, -0.1) is 0 Å². The van der Waals surface area contributed by atoms with Crippen LogP contribution in [0.25, 0.3) is 11.3 Å². The maximum Gasteiger partial charge on any atom is 0.252 e. The van der Waals surface area contributed by atoms with E-state index in [1.54, 1.807) is 58.2 Å². The lowest BCUT2D eigenvalue weighted by Gasteiger charge is -2.32. The van der Waals surface area contributed by atoms with Crippen molar-refractivity contribution in [3.05, 3.63) is 76.9 Å². The predicted molar refractivity (Wildman–Crippen MR) is 138 cm³/mol. The van der Waals surface area contributed by atoms with Gasteiger partial charge in [0.2, 0.25) is 5.91 Å². The van der Waals surface area contributed by atoms with Crippen LogP contribution in [0.15, 0.2) is 66.2 Å². The third-order valence-electron chi connectivity index (χ3n) is 5.74. The maximum atomic E-state index is 12.7. The maximum absolute atomic E-state index is 12.7. The molecule has 3 aromatic rings. The van der Waals surface area contributed by atoms with E-state index < -0.39 is 16.9 Å². The number of amides is 2. The summed E-state index contributed by atoms with van der Waals surface area (Å²) in [6.45, 7) is 4.69. The van der Waals surface area contributed by atoms with Gasteiger partial charge in [0.1, 0.15) is 5.69 Å². The Labute approximate surface area is 215 Å². The van der Waals surface area contributed by atoms with Gasteiger partial charge in [-0.3, -0.25) is 14.3 Å². The minimum atomic E-state index is -1.63. The molecule has 11 heteroatoms. The third kappa shape index (κ3) is 5.42. The lowest BCUT2D eigenvalue weighted by Crippen LogP contribution is -2.40. The SMILES string of the molecule is C=CC(=O)N1CCCC(n2cc(C(N)=O)c(-c3ccc(NS(=O)c4cccc(Cl)c4Cl)cc3)n2)C1. The molecular weight excluding hydrogens is 509 g/mol. The highest BCUT2D eigenvalue weighted by molar-refractivity contribution is 7.86. The molecular formula is C24H23Cl2N5O3S. The number of hydrogen-bond acceptors (Lipinski definition) is 4. The Morgan fingerprint density at radius 3 is 2.63 bits per heavy atom. The molecule has 0 aliphatic carbocycles. The molecule has 1 aliphatic rings. The highest BCUT2D eigenvalue weighted by Gasteiger charge is 2.26. The van der Waals surface area contributed by atoms with Crippen LogP contribution in [0.3, 0.4) is 0 Å². The van der Waals surface area contributed by atoms with E-state index in [0.29, 0.717) is 40.0 Å². The number of halogens is 2. The molecule has 4 rings (SSSR count). The van der Waals surface area contributed by atoms with Crippen molar-refractivity contribution in [3.8, 4) is 11.3 Å². The summed E-state index contributed by atoms with van der Waals surface area (Å²) in [4.78, 5) is 26.3. The van der Waals surface area contributed by atoms with Gasteiger partial charge in [-0.1, -0.05) is 48.0 Å². The first-order valence-electron chi connectivity index (χ1n) is 10.8. The quantitative estimate of drug-likeness (QED) is 0.439. The fourth-order valence-electron chi connectivity index (χ4n) is 3.96. The van der Waals surface area contributed by atoms with Crippen molar-refractivity contribution in [1.29, 1.82) is 0 Å². The first-order chi connectivity index (χ1) is 16.8. The average molecular weight is 532 g/mol. The van der Waals surface area contributed by atoms with Gasteiger partial charge in [-0.2, -0.15) is 5.10 Å². The van der Waals surface area contributed by atoms with Gasteiger partial charge in [-0.25, -0.2) is 4.21 Å². The smallest absolute Gasteiger partial charge is 0.252 e. The van der Waals surface area contributed by atoms with Crippen LogP contribution in [0.4, 0.5) is 5.69 Å². The van der Waals surface area contributed by atoms with Crippen molar-refractivity contribution in [1.82, 2.24) is 14.7 Å². The Morgan fingerprint density at radius 2 is 1.94 bits per heavy atom. The van der Waals surface area contributed by atoms with E-state index >= 15 is 0 Å². The van der Waals surface area contributed by atoms with Crippen LogP contribution in [0.1, 0.15) is 29.2 Å². The van der Waals surface area contributed by atoms with Gasteiger partial charge < -0.3 is 15.4 Å². The van der Waals surface area contributed by atoms with Gasteiger partial charge in [0.05, 0.1) is 26.5 Å². The van der Waals surface area contributed by atoms with Crippen LogP contribution in [0.5, 0.6) is 0 Å². The molecule has 2 atom stereocenters. The predicted octanol–water partition coefficient (Wildman–Crippen LogP) is 4.44. The molecule has 0 bridgehead atoms. The van der Waals surface area contributed by atoms with E-state index in [-0.39, 0.29) is 22.5 Å². The minimum Gasteiger partial charge on any atom is -0.365 e. The number of anilines is 1. The number of nitrogens with zero attached hydrogens (tertiary/aromatic N) is 3. The Kier molecular flexibility index (Phi) is 7.59. The number of primary amides is 1. The number of piperidine rings is 1. The van der Waals surface area contributed by atoms with Gasteiger partial charge in [0, 0.05) is 30.5 Å². The Bertz CT molecular complexity index is 1310. The molecule has 1 fully saturated rings. The zero-order chi connectivity index (χ0) is 25.1. The summed E-state index contributed by atoms with van der Waals surface area (Å²) >= 11 is 12.2. The van der Waals surface area contributed by atoms with Crippen molar-refractivity contribution >= 4 is 51.7 Å². The molecule has 8 nitrogen and oxygen atoms in total. The normalized spacial score (nSPS) is 16.5. The molecule has 3 N–H and O–H groups in total. The summed E-state index contributed by atoms with van der Waals surface area (Å²) in [5, 5.41) is 5.19. The third-order valence-corrected chi connectivity index (χ3v) is 7.83. The van der Waals surface area contributed by atoms with Crippen molar-refractivity contribution in [2.75, 3.05) is 17.8 Å². The molecule has 35 heavy (non-hydrogen) atoms. The molecule has 0 radical (unpaired) electrons. The monoisotopic (exact) mass is 531 g/mol. The standard InChI is InChI=1S/C24H23Cl2N5O3S/c1-2-21(32)30-12-4-5-17(13-30)31-14-18(24(27)33)23(28-31)15-8-10-16(11-9-15)29-35(34)20-7-3-6-19(25)22(20)26/h2-3,6-11,14,17,29H,1,4-5,12-13H2,(H2,27,33).